The maximum absolute atomic E-state index is 13.1. The van der Waals surface area contributed by atoms with Crippen molar-refractivity contribution in [1.29, 1.82) is 0 Å². The molecule has 2 aliphatic heterocycles. The van der Waals surface area contributed by atoms with Gasteiger partial charge in [0.15, 0.2) is 0 Å². The molecule has 3 amide bonds. The number of rotatable bonds is 5. The molecule has 0 bridgehead atoms. The van der Waals surface area contributed by atoms with E-state index in [1.807, 2.05) is 36.1 Å². The summed E-state index contributed by atoms with van der Waals surface area (Å²) in [6.07, 6.45) is 6.61. The summed E-state index contributed by atoms with van der Waals surface area (Å²) in [7, 11) is 0. The van der Waals surface area contributed by atoms with Crippen molar-refractivity contribution in [2.45, 2.75) is 51.5 Å². The van der Waals surface area contributed by atoms with Crippen molar-refractivity contribution in [3.63, 3.8) is 0 Å². The fraction of sp³-hybridized carbons (Fsp3) is 0.652. The first-order valence-electron chi connectivity index (χ1n) is 11.2. The van der Waals surface area contributed by atoms with E-state index in [9.17, 15) is 9.59 Å². The second kappa shape index (κ2) is 10.5. The molecule has 1 unspecified atom stereocenters. The van der Waals surface area contributed by atoms with Crippen molar-refractivity contribution in [3.05, 3.63) is 29.8 Å². The maximum Gasteiger partial charge on any atom is 0.321 e. The minimum absolute atomic E-state index is 0. The summed E-state index contributed by atoms with van der Waals surface area (Å²) in [5.41, 5.74) is 1.92. The Morgan fingerprint density at radius 1 is 1.03 bits per heavy atom. The average molecular weight is 435 g/mol. The summed E-state index contributed by atoms with van der Waals surface area (Å²) < 4.78 is 0. The monoisotopic (exact) mass is 434 g/mol. The van der Waals surface area contributed by atoms with Crippen LogP contribution in [0.5, 0.6) is 0 Å². The summed E-state index contributed by atoms with van der Waals surface area (Å²) in [5, 5.41) is 6.65. The van der Waals surface area contributed by atoms with Gasteiger partial charge in [0.2, 0.25) is 5.91 Å². The zero-order valence-electron chi connectivity index (χ0n) is 17.9. The van der Waals surface area contributed by atoms with Crippen molar-refractivity contribution >= 4 is 30.0 Å². The van der Waals surface area contributed by atoms with E-state index in [-0.39, 0.29) is 30.3 Å². The van der Waals surface area contributed by atoms with Gasteiger partial charge in [-0.1, -0.05) is 12.1 Å². The van der Waals surface area contributed by atoms with E-state index in [0.717, 1.165) is 62.5 Å². The third-order valence-electron chi connectivity index (χ3n) is 6.53. The number of benzene rings is 1. The highest BCUT2D eigenvalue weighted by Crippen LogP contribution is 2.28. The van der Waals surface area contributed by atoms with Gasteiger partial charge in [0.25, 0.3) is 0 Å². The van der Waals surface area contributed by atoms with Gasteiger partial charge < -0.3 is 20.4 Å². The molecule has 2 heterocycles. The van der Waals surface area contributed by atoms with Crippen LogP contribution in [0.4, 0.5) is 10.5 Å². The van der Waals surface area contributed by atoms with Crippen LogP contribution in [-0.4, -0.2) is 60.5 Å². The molecule has 0 radical (unpaired) electrons. The van der Waals surface area contributed by atoms with Gasteiger partial charge in [-0.05, 0) is 75.6 Å². The lowest BCUT2D eigenvalue weighted by molar-refractivity contribution is -0.138. The molecular weight excluding hydrogens is 400 g/mol. The predicted molar refractivity (Wildman–Crippen MR) is 122 cm³/mol. The molecule has 1 saturated carbocycles. The fourth-order valence-corrected chi connectivity index (χ4v) is 4.51. The summed E-state index contributed by atoms with van der Waals surface area (Å²) >= 11 is 0. The normalized spacial score (nSPS) is 22.4. The van der Waals surface area contributed by atoms with Gasteiger partial charge in [-0.15, -0.1) is 12.4 Å². The number of hydrogen-bond donors (Lipinski definition) is 2. The quantitative estimate of drug-likeness (QED) is 0.743. The third-order valence-corrected chi connectivity index (χ3v) is 6.53. The molecule has 2 N–H and O–H groups in total. The number of urea groups is 1. The Kier molecular flexibility index (Phi) is 8.00. The number of hydrogen-bond acceptors (Lipinski definition) is 3. The molecule has 7 heteroatoms. The Bertz CT molecular complexity index is 732. The van der Waals surface area contributed by atoms with Gasteiger partial charge >= 0.3 is 6.03 Å². The van der Waals surface area contributed by atoms with Crippen LogP contribution in [0.1, 0.15) is 44.1 Å². The fourth-order valence-electron chi connectivity index (χ4n) is 4.51. The summed E-state index contributed by atoms with van der Waals surface area (Å²) in [6, 6.07) is 8.27. The first kappa shape index (κ1) is 22.9. The molecule has 1 aliphatic carbocycles. The standard InChI is InChI=1S/C23H34N4O2.ClH/c1-17-4-2-6-21(14-17)25-23(29)27-11-3-5-19(16-27)22(28)26-12-9-20(10-13-26)24-15-18-7-8-18;/h2,4,6,14,18-20,24H,3,5,7-13,15-16H2,1H3,(H,25,29);1H. The van der Waals surface area contributed by atoms with Gasteiger partial charge in [-0.3, -0.25) is 4.79 Å². The lowest BCUT2D eigenvalue weighted by Crippen LogP contribution is -2.51. The molecule has 3 fully saturated rings. The molecule has 3 aliphatic rings. The van der Waals surface area contributed by atoms with E-state index in [2.05, 4.69) is 10.6 Å². The number of likely N-dealkylation sites (tertiary alicyclic amines) is 2. The minimum Gasteiger partial charge on any atom is -0.342 e. The van der Waals surface area contributed by atoms with E-state index in [1.54, 1.807) is 4.90 Å². The second-order valence-corrected chi connectivity index (χ2v) is 9.04. The molecule has 166 valence electrons. The van der Waals surface area contributed by atoms with Crippen LogP contribution >= 0.6 is 12.4 Å². The van der Waals surface area contributed by atoms with Crippen molar-refractivity contribution in [1.82, 2.24) is 15.1 Å². The molecule has 1 aromatic carbocycles. The number of piperidine rings is 2. The van der Waals surface area contributed by atoms with Crippen molar-refractivity contribution in [2.24, 2.45) is 11.8 Å². The number of halogens is 1. The minimum atomic E-state index is -0.101. The molecule has 6 nitrogen and oxygen atoms in total. The topological polar surface area (TPSA) is 64.7 Å². The Morgan fingerprint density at radius 2 is 1.80 bits per heavy atom. The highest BCUT2D eigenvalue weighted by atomic mass is 35.5. The van der Waals surface area contributed by atoms with E-state index in [0.29, 0.717) is 19.1 Å². The number of nitrogens with one attached hydrogen (secondary N) is 2. The van der Waals surface area contributed by atoms with Crippen LogP contribution < -0.4 is 10.6 Å². The van der Waals surface area contributed by atoms with E-state index >= 15 is 0 Å². The highest BCUT2D eigenvalue weighted by molar-refractivity contribution is 5.90. The van der Waals surface area contributed by atoms with E-state index in [1.165, 1.54) is 12.8 Å². The van der Waals surface area contributed by atoms with Gasteiger partial charge in [0.1, 0.15) is 0 Å². The zero-order chi connectivity index (χ0) is 20.2. The summed E-state index contributed by atoms with van der Waals surface area (Å²) in [6.45, 7) is 6.08. The first-order chi connectivity index (χ1) is 14.1. The third kappa shape index (κ3) is 6.11. The molecule has 4 rings (SSSR count). The number of nitrogens with zero attached hydrogens (tertiary/aromatic N) is 2. The lowest BCUT2D eigenvalue weighted by Gasteiger charge is -2.38. The van der Waals surface area contributed by atoms with Crippen LogP contribution in [0.2, 0.25) is 0 Å². The van der Waals surface area contributed by atoms with E-state index < -0.39 is 0 Å². The molecule has 1 aromatic rings. The number of carbonyl (C=O) groups is 2. The number of carbonyl (C=O) groups excluding carboxylic acids is 2. The summed E-state index contributed by atoms with van der Waals surface area (Å²) in [4.78, 5) is 29.6. The molecular formula is C23H35ClN4O2. The van der Waals surface area contributed by atoms with Crippen LogP contribution in [0.3, 0.4) is 0 Å². The Balaban J connectivity index is 0.00000256. The van der Waals surface area contributed by atoms with Crippen molar-refractivity contribution < 1.29 is 9.59 Å². The molecule has 2 saturated heterocycles. The van der Waals surface area contributed by atoms with Crippen molar-refractivity contribution in [3.8, 4) is 0 Å². The van der Waals surface area contributed by atoms with Gasteiger partial charge in [-0.2, -0.15) is 0 Å². The van der Waals surface area contributed by atoms with Crippen LogP contribution in [0.15, 0.2) is 24.3 Å². The highest BCUT2D eigenvalue weighted by Gasteiger charge is 2.33. The van der Waals surface area contributed by atoms with Crippen LogP contribution in [0, 0.1) is 18.8 Å². The van der Waals surface area contributed by atoms with Crippen LogP contribution in [-0.2, 0) is 4.79 Å². The average Bonchev–Trinajstić information content (AvgIpc) is 3.57. The first-order valence-corrected chi connectivity index (χ1v) is 11.2. The lowest BCUT2D eigenvalue weighted by atomic mass is 9.95. The SMILES string of the molecule is Cc1cccc(NC(=O)N2CCCC(C(=O)N3CCC(NCC4CC4)CC3)C2)c1.Cl. The Hall–Kier alpha value is -1.79. The predicted octanol–water partition coefficient (Wildman–Crippen LogP) is 3.65. The van der Waals surface area contributed by atoms with E-state index in [4.69, 9.17) is 0 Å². The maximum atomic E-state index is 13.1. The zero-order valence-corrected chi connectivity index (χ0v) is 18.8. The van der Waals surface area contributed by atoms with Gasteiger partial charge in [0, 0.05) is 37.9 Å². The Morgan fingerprint density at radius 3 is 2.50 bits per heavy atom. The molecule has 0 aromatic heterocycles. The largest absolute Gasteiger partial charge is 0.342 e. The smallest absolute Gasteiger partial charge is 0.321 e. The Labute approximate surface area is 186 Å². The molecule has 1 atom stereocenters. The van der Waals surface area contributed by atoms with Crippen LogP contribution in [0.25, 0.3) is 0 Å². The van der Waals surface area contributed by atoms with Crippen molar-refractivity contribution in [2.75, 3.05) is 38.0 Å². The number of anilines is 1. The summed E-state index contributed by atoms with van der Waals surface area (Å²) in [5.74, 6) is 1.07. The van der Waals surface area contributed by atoms with Gasteiger partial charge in [0.05, 0.1) is 5.92 Å². The van der Waals surface area contributed by atoms with Gasteiger partial charge in [-0.25, -0.2) is 4.79 Å². The molecule has 30 heavy (non-hydrogen) atoms. The second-order valence-electron chi connectivity index (χ2n) is 9.04. The number of amides is 3. The molecule has 0 spiro atoms. The number of aryl methyl sites for hydroxylation is 1.